The third kappa shape index (κ3) is 5.01. The Hall–Kier alpha value is -1.98. The van der Waals surface area contributed by atoms with Crippen LogP contribution in [0.15, 0.2) is 23.1 Å². The van der Waals surface area contributed by atoms with E-state index in [1.807, 2.05) is 4.68 Å². The largest absolute Gasteiger partial charge is 0.381 e. The van der Waals surface area contributed by atoms with Crippen molar-refractivity contribution in [1.29, 1.82) is 0 Å². The van der Waals surface area contributed by atoms with Crippen LogP contribution in [0.5, 0.6) is 0 Å². The Kier molecular flexibility index (Phi) is 7.52. The highest BCUT2D eigenvalue weighted by atomic mass is 35.5. The third-order valence-electron chi connectivity index (χ3n) is 8.40. The van der Waals surface area contributed by atoms with Gasteiger partial charge in [-0.25, -0.2) is 8.42 Å². The van der Waals surface area contributed by atoms with E-state index >= 15 is 0 Å². The van der Waals surface area contributed by atoms with Gasteiger partial charge in [0.1, 0.15) is 0 Å². The highest BCUT2D eigenvalue weighted by Crippen LogP contribution is 2.44. The van der Waals surface area contributed by atoms with Gasteiger partial charge in [-0.1, -0.05) is 23.7 Å². The van der Waals surface area contributed by atoms with Gasteiger partial charge in [-0.05, 0) is 57.2 Å². The van der Waals surface area contributed by atoms with Gasteiger partial charge in [-0.3, -0.25) is 9.48 Å². The number of amides is 1. The van der Waals surface area contributed by atoms with E-state index in [9.17, 15) is 13.2 Å². The fourth-order valence-corrected chi connectivity index (χ4v) is 8.54. The first kappa shape index (κ1) is 26.3. The molecular formula is C27H35ClN4O5S. The molecule has 5 heterocycles. The van der Waals surface area contributed by atoms with Gasteiger partial charge in [0.05, 0.1) is 40.6 Å². The van der Waals surface area contributed by atoms with Crippen LogP contribution in [0.1, 0.15) is 54.2 Å². The molecule has 1 aromatic carbocycles. The molecule has 0 N–H and O–H groups in total. The number of hydrogen-bond acceptors (Lipinski definition) is 7. The van der Waals surface area contributed by atoms with E-state index in [1.165, 1.54) is 0 Å². The van der Waals surface area contributed by atoms with Gasteiger partial charge in [0.2, 0.25) is 0 Å². The first-order valence-corrected chi connectivity index (χ1v) is 15.8. The quantitative estimate of drug-likeness (QED) is 0.551. The lowest BCUT2D eigenvalue weighted by Gasteiger charge is -2.35. The number of carbonyl (C=O) groups is 1. The Morgan fingerprint density at radius 2 is 1.82 bits per heavy atom. The zero-order valence-electron chi connectivity index (χ0n) is 21.6. The van der Waals surface area contributed by atoms with Gasteiger partial charge in [0.15, 0.2) is 15.5 Å². The zero-order chi connectivity index (χ0) is 26.3. The summed E-state index contributed by atoms with van der Waals surface area (Å²) in [4.78, 5) is 18.0. The van der Waals surface area contributed by atoms with E-state index < -0.39 is 9.84 Å². The summed E-state index contributed by atoms with van der Waals surface area (Å²) in [6, 6.07) is 5.23. The molecule has 4 aliphatic heterocycles. The molecule has 1 amide bonds. The van der Waals surface area contributed by atoms with Crippen molar-refractivity contribution < 1.29 is 22.7 Å². The number of benzene rings is 1. The maximum atomic E-state index is 13.7. The summed E-state index contributed by atoms with van der Waals surface area (Å²) in [5.74, 6) is 0.208. The summed E-state index contributed by atoms with van der Waals surface area (Å²) in [5.41, 5.74) is 2.02. The summed E-state index contributed by atoms with van der Waals surface area (Å²) >= 11 is 6.45. The molecule has 4 aliphatic rings. The van der Waals surface area contributed by atoms with Crippen molar-refractivity contribution in [3.05, 3.63) is 34.5 Å². The van der Waals surface area contributed by atoms with Crippen LogP contribution in [0.2, 0.25) is 5.02 Å². The highest BCUT2D eigenvalue weighted by molar-refractivity contribution is 7.91. The van der Waals surface area contributed by atoms with Crippen LogP contribution in [0.3, 0.4) is 0 Å². The second-order valence-corrected chi connectivity index (χ2v) is 13.2. The summed E-state index contributed by atoms with van der Waals surface area (Å²) in [6.45, 7) is 6.49. The van der Waals surface area contributed by atoms with Crippen LogP contribution >= 0.6 is 11.6 Å². The molecule has 3 saturated heterocycles. The van der Waals surface area contributed by atoms with Gasteiger partial charge in [0, 0.05) is 44.0 Å². The van der Waals surface area contributed by atoms with Gasteiger partial charge < -0.3 is 19.3 Å². The monoisotopic (exact) mass is 562 g/mol. The second kappa shape index (κ2) is 10.9. The molecule has 206 valence electrons. The number of hydrogen-bond donors (Lipinski definition) is 0. The molecule has 1 atom stereocenters. The number of sulfone groups is 1. The first-order valence-electron chi connectivity index (χ1n) is 13.7. The first-order chi connectivity index (χ1) is 18.4. The molecule has 9 nitrogen and oxygen atoms in total. The minimum atomic E-state index is -3.72. The number of likely N-dealkylation sites (tertiary alicyclic amines) is 1. The molecule has 38 heavy (non-hydrogen) atoms. The normalized spacial score (nSPS) is 24.1. The van der Waals surface area contributed by atoms with Crippen molar-refractivity contribution in [3.8, 4) is 11.3 Å². The van der Waals surface area contributed by atoms with Gasteiger partial charge in [0.25, 0.3) is 5.91 Å². The molecule has 0 bridgehead atoms. The molecule has 0 saturated carbocycles. The van der Waals surface area contributed by atoms with E-state index in [0.717, 1.165) is 70.6 Å². The molecule has 2 aromatic rings. The number of rotatable bonds is 5. The average molecular weight is 563 g/mol. The van der Waals surface area contributed by atoms with Crippen LogP contribution in [0, 0.1) is 5.92 Å². The van der Waals surface area contributed by atoms with Gasteiger partial charge in [-0.15, -0.1) is 0 Å². The fourth-order valence-electron chi connectivity index (χ4n) is 6.35. The lowest BCUT2D eigenvalue weighted by molar-refractivity contribution is 0.0297. The Labute approximate surface area is 228 Å². The van der Waals surface area contributed by atoms with E-state index in [1.54, 1.807) is 23.1 Å². The van der Waals surface area contributed by atoms with E-state index in [0.29, 0.717) is 43.3 Å². The van der Waals surface area contributed by atoms with Crippen LogP contribution in [0.25, 0.3) is 11.3 Å². The Balaban J connectivity index is 1.36. The summed E-state index contributed by atoms with van der Waals surface area (Å²) in [7, 11) is -3.72. The number of nitrogens with zero attached hydrogens (tertiary/aromatic N) is 4. The second-order valence-electron chi connectivity index (χ2n) is 10.8. The Bertz CT molecular complexity index is 1300. The van der Waals surface area contributed by atoms with Crippen molar-refractivity contribution in [2.24, 2.45) is 5.92 Å². The molecule has 11 heteroatoms. The molecule has 1 aromatic heterocycles. The lowest BCUT2D eigenvalue weighted by Crippen LogP contribution is -2.41. The minimum absolute atomic E-state index is 0.0473. The Morgan fingerprint density at radius 1 is 1.05 bits per heavy atom. The number of carbonyl (C=O) groups excluding carboxylic acids is 1. The van der Waals surface area contributed by atoms with Gasteiger partial charge >= 0.3 is 0 Å². The molecule has 1 unspecified atom stereocenters. The van der Waals surface area contributed by atoms with Crippen LogP contribution in [0.4, 0.5) is 0 Å². The number of morpholine rings is 1. The molecule has 0 aliphatic carbocycles. The molecule has 0 radical (unpaired) electrons. The molecule has 6 rings (SSSR count). The molecular weight excluding hydrogens is 528 g/mol. The fraction of sp³-hybridized carbons (Fsp3) is 0.630. The number of ether oxygens (including phenoxy) is 2. The number of halogens is 1. The van der Waals surface area contributed by atoms with Crippen molar-refractivity contribution in [1.82, 2.24) is 19.6 Å². The summed E-state index contributed by atoms with van der Waals surface area (Å²) in [5, 5.41) is 5.11. The lowest BCUT2D eigenvalue weighted by atomic mass is 9.95. The van der Waals surface area contributed by atoms with Crippen LogP contribution in [-0.4, -0.2) is 93.1 Å². The number of aromatic nitrogens is 2. The SMILES string of the molecule is O=C(c1nn(C2CCCN(CCC3CCOCC3)C2)c2c1CS(=O)(=O)c1c(Cl)cccc1-2)N1CCOCC1. The topological polar surface area (TPSA) is 94.0 Å². The van der Waals surface area contributed by atoms with Crippen molar-refractivity contribution in [2.45, 2.75) is 48.8 Å². The maximum Gasteiger partial charge on any atom is 0.274 e. The van der Waals surface area contributed by atoms with Crippen molar-refractivity contribution >= 4 is 27.3 Å². The molecule has 3 fully saturated rings. The van der Waals surface area contributed by atoms with Gasteiger partial charge in [-0.2, -0.15) is 5.10 Å². The minimum Gasteiger partial charge on any atom is -0.381 e. The smallest absolute Gasteiger partial charge is 0.274 e. The predicted octanol–water partition coefficient (Wildman–Crippen LogP) is 3.42. The van der Waals surface area contributed by atoms with E-state index in [4.69, 9.17) is 26.2 Å². The van der Waals surface area contributed by atoms with Crippen molar-refractivity contribution in [3.63, 3.8) is 0 Å². The predicted molar refractivity (Wildman–Crippen MR) is 143 cm³/mol. The number of piperidine rings is 1. The third-order valence-corrected chi connectivity index (χ3v) is 10.6. The van der Waals surface area contributed by atoms with E-state index in [2.05, 4.69) is 4.90 Å². The highest BCUT2D eigenvalue weighted by Gasteiger charge is 2.40. The zero-order valence-corrected chi connectivity index (χ0v) is 23.2. The van der Waals surface area contributed by atoms with Crippen LogP contribution in [-0.2, 0) is 25.1 Å². The van der Waals surface area contributed by atoms with Crippen molar-refractivity contribution in [2.75, 3.05) is 59.2 Å². The standard InChI is InChI=1S/C27H35ClN4O5S/c28-23-5-1-4-21-25-22(18-38(34,35)26(21)23)24(27(33)31-11-15-37-16-12-31)29-32(25)20-3-2-9-30(17-20)10-6-19-7-13-36-14-8-19/h1,4-5,19-20H,2-3,6-18H2. The van der Waals surface area contributed by atoms with Crippen LogP contribution < -0.4 is 0 Å². The molecule has 0 spiro atoms. The van der Waals surface area contributed by atoms with E-state index in [-0.39, 0.29) is 33.3 Å². The average Bonchev–Trinajstić information content (AvgIpc) is 3.31. The summed E-state index contributed by atoms with van der Waals surface area (Å²) in [6.07, 6.45) is 5.37. The maximum absolute atomic E-state index is 13.7. The summed E-state index contributed by atoms with van der Waals surface area (Å²) < 4.78 is 39.7. The number of fused-ring (bicyclic) bond motifs is 3. The Morgan fingerprint density at radius 3 is 2.61 bits per heavy atom.